The lowest BCUT2D eigenvalue weighted by Crippen LogP contribution is -2.30. The van der Waals surface area contributed by atoms with E-state index in [0.29, 0.717) is 18.7 Å². The molecule has 0 saturated heterocycles. The highest BCUT2D eigenvalue weighted by molar-refractivity contribution is 7.99. The molecule has 6 heteroatoms. The molecule has 1 atom stereocenters. The van der Waals surface area contributed by atoms with Crippen molar-refractivity contribution in [2.75, 3.05) is 12.3 Å². The van der Waals surface area contributed by atoms with Crippen LogP contribution in [0.15, 0.2) is 28.7 Å². The Kier molecular flexibility index (Phi) is 4.65. The summed E-state index contributed by atoms with van der Waals surface area (Å²) in [5.74, 6) is 0.873. The number of nitrogens with one attached hydrogen (secondary N) is 1. The van der Waals surface area contributed by atoms with Gasteiger partial charge in [0.25, 0.3) is 5.56 Å². The van der Waals surface area contributed by atoms with Gasteiger partial charge in [-0.25, -0.2) is 4.98 Å². The summed E-state index contributed by atoms with van der Waals surface area (Å²) >= 11 is 1.54. The van der Waals surface area contributed by atoms with E-state index in [4.69, 9.17) is 0 Å². The van der Waals surface area contributed by atoms with E-state index in [1.807, 2.05) is 13.8 Å². The zero-order valence-electron chi connectivity index (χ0n) is 11.8. The summed E-state index contributed by atoms with van der Waals surface area (Å²) in [6.45, 7) is 8.03. The third kappa shape index (κ3) is 3.12. The number of hydrogen-bond acceptors (Lipinski definition) is 4. The van der Waals surface area contributed by atoms with Gasteiger partial charge in [-0.15, -0.1) is 6.58 Å². The zero-order chi connectivity index (χ0) is 14.7. The minimum absolute atomic E-state index is 0.0646. The van der Waals surface area contributed by atoms with Crippen molar-refractivity contribution in [3.63, 3.8) is 0 Å². The molecule has 1 aromatic rings. The molecule has 108 valence electrons. The van der Waals surface area contributed by atoms with Gasteiger partial charge < -0.3 is 5.32 Å². The van der Waals surface area contributed by atoms with Crippen LogP contribution in [0.4, 0.5) is 0 Å². The van der Waals surface area contributed by atoms with Crippen LogP contribution in [0.2, 0.25) is 0 Å². The first kappa shape index (κ1) is 14.8. The van der Waals surface area contributed by atoms with E-state index < -0.39 is 0 Å². The zero-order valence-corrected chi connectivity index (χ0v) is 12.6. The van der Waals surface area contributed by atoms with Crippen LogP contribution in [0, 0.1) is 0 Å². The molecule has 0 bridgehead atoms. The normalized spacial score (nSPS) is 17.1. The Bertz CT molecular complexity index is 580. The van der Waals surface area contributed by atoms with Crippen molar-refractivity contribution in [1.29, 1.82) is 0 Å². The van der Waals surface area contributed by atoms with Crippen LogP contribution >= 0.6 is 11.8 Å². The minimum Gasteiger partial charge on any atom is -0.353 e. The molecule has 20 heavy (non-hydrogen) atoms. The summed E-state index contributed by atoms with van der Waals surface area (Å²) in [5.41, 5.74) is 0.746. The van der Waals surface area contributed by atoms with E-state index in [0.717, 1.165) is 10.9 Å². The second-order valence-electron chi connectivity index (χ2n) is 5.09. The lowest BCUT2D eigenvalue weighted by Gasteiger charge is -2.13. The van der Waals surface area contributed by atoms with E-state index in [9.17, 15) is 9.59 Å². The molecule has 1 aliphatic rings. The fraction of sp³-hybridized carbons (Fsp3) is 0.500. The number of thioether (sulfide) groups is 1. The van der Waals surface area contributed by atoms with Crippen LogP contribution in [0.3, 0.4) is 0 Å². The number of nitrogens with zero attached hydrogens (tertiary/aromatic N) is 2. The predicted molar refractivity (Wildman–Crippen MR) is 80.2 cm³/mol. The van der Waals surface area contributed by atoms with Gasteiger partial charge in [0.1, 0.15) is 0 Å². The molecule has 0 aliphatic carbocycles. The molecular weight excluding hydrogens is 274 g/mol. The molecule has 0 fully saturated rings. The molecule has 1 aromatic heterocycles. The predicted octanol–water partition coefficient (Wildman–Crippen LogP) is 1.71. The van der Waals surface area contributed by atoms with Crippen molar-refractivity contribution in [1.82, 2.24) is 14.9 Å². The number of hydrogen-bond donors (Lipinski definition) is 1. The Labute approximate surface area is 122 Å². The second-order valence-corrected chi connectivity index (χ2v) is 6.08. The molecule has 2 heterocycles. The van der Waals surface area contributed by atoms with Crippen LogP contribution < -0.4 is 10.9 Å². The van der Waals surface area contributed by atoms with Crippen LogP contribution in [-0.2, 0) is 4.79 Å². The van der Waals surface area contributed by atoms with Crippen molar-refractivity contribution < 1.29 is 4.79 Å². The van der Waals surface area contributed by atoms with E-state index in [1.54, 1.807) is 16.7 Å². The average Bonchev–Trinajstić information content (AvgIpc) is 2.79. The lowest BCUT2D eigenvalue weighted by atomic mass is 10.1. The van der Waals surface area contributed by atoms with Crippen molar-refractivity contribution in [3.05, 3.63) is 34.8 Å². The maximum absolute atomic E-state index is 12.2. The van der Waals surface area contributed by atoms with Crippen molar-refractivity contribution in [2.45, 2.75) is 37.4 Å². The van der Waals surface area contributed by atoms with E-state index in [2.05, 4.69) is 16.9 Å². The first-order chi connectivity index (χ1) is 9.52. The largest absolute Gasteiger partial charge is 0.353 e. The number of carbonyl (C=O) groups is 1. The van der Waals surface area contributed by atoms with Crippen LogP contribution in [0.25, 0.3) is 0 Å². The summed E-state index contributed by atoms with van der Waals surface area (Å²) in [6, 6.07) is 1.47. The monoisotopic (exact) mass is 293 g/mol. The summed E-state index contributed by atoms with van der Waals surface area (Å²) in [6.07, 6.45) is 1.94. The molecule has 0 spiro atoms. The van der Waals surface area contributed by atoms with Gasteiger partial charge in [-0.1, -0.05) is 31.7 Å². The topological polar surface area (TPSA) is 64.0 Å². The molecular formula is C14H19N3O2S. The van der Waals surface area contributed by atoms with Gasteiger partial charge in [0, 0.05) is 24.8 Å². The standard InChI is InChI=1S/C14H19N3O2S/c1-4-5-15-12(18)6-10-8-20-14-16-11(9(2)3)7-13(19)17(10)14/h4,7,9-10H,1,5-6,8H2,2-3H3,(H,15,18). The molecule has 1 N–H and O–H groups in total. The number of aromatic nitrogens is 2. The van der Waals surface area contributed by atoms with E-state index in [1.165, 1.54) is 11.8 Å². The number of amides is 1. The van der Waals surface area contributed by atoms with Crippen LogP contribution in [0.1, 0.15) is 37.9 Å². The Morgan fingerprint density at radius 2 is 2.45 bits per heavy atom. The summed E-state index contributed by atoms with van der Waals surface area (Å²) in [4.78, 5) is 28.5. The Balaban J connectivity index is 2.18. The van der Waals surface area contributed by atoms with Gasteiger partial charge in [0.2, 0.25) is 5.91 Å². The highest BCUT2D eigenvalue weighted by atomic mass is 32.2. The molecule has 1 amide bonds. The van der Waals surface area contributed by atoms with Gasteiger partial charge in [0.05, 0.1) is 11.7 Å². The van der Waals surface area contributed by atoms with Gasteiger partial charge in [-0.2, -0.15) is 0 Å². The molecule has 0 saturated carbocycles. The second kappa shape index (κ2) is 6.26. The third-order valence-electron chi connectivity index (χ3n) is 3.17. The van der Waals surface area contributed by atoms with Crippen LogP contribution in [0.5, 0.6) is 0 Å². The Morgan fingerprint density at radius 1 is 1.70 bits per heavy atom. The SMILES string of the molecule is C=CCNC(=O)CC1CSc2nc(C(C)C)cc(=O)n21. The smallest absolute Gasteiger partial charge is 0.254 e. The quantitative estimate of drug-likeness (QED) is 0.663. The average molecular weight is 293 g/mol. The highest BCUT2D eigenvalue weighted by Gasteiger charge is 2.27. The molecule has 1 unspecified atom stereocenters. The molecule has 1 aliphatic heterocycles. The number of fused-ring (bicyclic) bond motifs is 1. The maximum atomic E-state index is 12.2. The maximum Gasteiger partial charge on any atom is 0.254 e. The minimum atomic E-state index is -0.110. The van der Waals surface area contributed by atoms with Crippen molar-refractivity contribution in [3.8, 4) is 0 Å². The van der Waals surface area contributed by atoms with Crippen molar-refractivity contribution in [2.24, 2.45) is 0 Å². The fourth-order valence-corrected chi connectivity index (χ4v) is 3.24. The molecule has 2 rings (SSSR count). The third-order valence-corrected chi connectivity index (χ3v) is 4.26. The Morgan fingerprint density at radius 3 is 3.10 bits per heavy atom. The number of rotatable bonds is 5. The Hall–Kier alpha value is -1.56. The lowest BCUT2D eigenvalue weighted by molar-refractivity contribution is -0.121. The summed E-state index contributed by atoms with van der Waals surface area (Å²) in [5, 5.41) is 3.46. The van der Waals surface area contributed by atoms with Gasteiger partial charge >= 0.3 is 0 Å². The van der Waals surface area contributed by atoms with Crippen LogP contribution in [-0.4, -0.2) is 27.8 Å². The fourth-order valence-electron chi connectivity index (χ4n) is 2.09. The van der Waals surface area contributed by atoms with Crippen molar-refractivity contribution >= 4 is 17.7 Å². The molecule has 5 nitrogen and oxygen atoms in total. The first-order valence-electron chi connectivity index (χ1n) is 6.66. The number of carbonyl (C=O) groups excluding carboxylic acids is 1. The van der Waals surface area contributed by atoms with Gasteiger partial charge in [-0.05, 0) is 5.92 Å². The van der Waals surface area contributed by atoms with E-state index in [-0.39, 0.29) is 23.4 Å². The summed E-state index contributed by atoms with van der Waals surface area (Å²) < 4.78 is 1.64. The highest BCUT2D eigenvalue weighted by Crippen LogP contribution is 2.32. The first-order valence-corrected chi connectivity index (χ1v) is 7.65. The van der Waals surface area contributed by atoms with Gasteiger partial charge in [0.15, 0.2) is 5.16 Å². The molecule has 0 aromatic carbocycles. The summed E-state index contributed by atoms with van der Waals surface area (Å²) in [7, 11) is 0. The molecule has 0 radical (unpaired) electrons. The van der Waals surface area contributed by atoms with Gasteiger partial charge in [-0.3, -0.25) is 14.2 Å². The van der Waals surface area contributed by atoms with E-state index >= 15 is 0 Å².